The summed E-state index contributed by atoms with van der Waals surface area (Å²) in [4.78, 5) is 37.9. The lowest BCUT2D eigenvalue weighted by Crippen LogP contribution is -2.48. The molecule has 2 aromatic rings. The first kappa shape index (κ1) is 15.3. The zero-order valence-electron chi connectivity index (χ0n) is 12.9. The van der Waals surface area contributed by atoms with Gasteiger partial charge in [-0.05, 0) is 31.4 Å². The van der Waals surface area contributed by atoms with Crippen molar-refractivity contribution in [3.63, 3.8) is 0 Å². The molecule has 1 saturated heterocycles. The van der Waals surface area contributed by atoms with Crippen molar-refractivity contribution in [2.45, 2.75) is 25.3 Å². The maximum atomic E-state index is 12.8. The summed E-state index contributed by atoms with van der Waals surface area (Å²) in [5, 5.41) is 9.88. The number of aryl methyl sites for hydroxylation is 1. The molecule has 120 valence electrons. The van der Waals surface area contributed by atoms with Gasteiger partial charge in [-0.3, -0.25) is 9.59 Å². The number of carboxylic acid groups (broad SMARTS) is 1. The van der Waals surface area contributed by atoms with Gasteiger partial charge in [0, 0.05) is 25.0 Å². The van der Waals surface area contributed by atoms with Gasteiger partial charge in [-0.1, -0.05) is 12.1 Å². The summed E-state index contributed by atoms with van der Waals surface area (Å²) in [5.41, 5.74) is 0.653. The number of hydrogen-bond acceptors (Lipinski definition) is 3. The van der Waals surface area contributed by atoms with Crippen molar-refractivity contribution < 1.29 is 14.7 Å². The van der Waals surface area contributed by atoms with Crippen LogP contribution in [-0.4, -0.2) is 39.0 Å². The number of carbonyl (C=O) groups excluding carboxylic acids is 1. The molecule has 0 aliphatic carbocycles. The van der Waals surface area contributed by atoms with Crippen LogP contribution in [0.4, 0.5) is 0 Å². The molecule has 0 saturated carbocycles. The van der Waals surface area contributed by atoms with E-state index >= 15 is 0 Å². The van der Waals surface area contributed by atoms with Gasteiger partial charge in [-0.2, -0.15) is 0 Å². The van der Waals surface area contributed by atoms with E-state index in [0.717, 1.165) is 12.8 Å². The van der Waals surface area contributed by atoms with Crippen molar-refractivity contribution in [3.8, 4) is 0 Å². The summed E-state index contributed by atoms with van der Waals surface area (Å²) in [7, 11) is 1.72. The van der Waals surface area contributed by atoms with Crippen LogP contribution in [0.25, 0.3) is 10.9 Å². The zero-order chi connectivity index (χ0) is 16.6. The van der Waals surface area contributed by atoms with Gasteiger partial charge in [-0.15, -0.1) is 0 Å². The van der Waals surface area contributed by atoms with Gasteiger partial charge < -0.3 is 14.6 Å². The van der Waals surface area contributed by atoms with E-state index in [0.29, 0.717) is 23.9 Å². The molecule has 1 aromatic heterocycles. The van der Waals surface area contributed by atoms with Crippen molar-refractivity contribution in [1.82, 2.24) is 9.47 Å². The molecule has 1 aliphatic heterocycles. The highest BCUT2D eigenvalue weighted by Gasteiger charge is 2.33. The third-order valence-corrected chi connectivity index (χ3v) is 4.43. The number of pyridine rings is 1. The number of hydrogen-bond donors (Lipinski definition) is 1. The molecule has 6 nitrogen and oxygen atoms in total. The highest BCUT2D eigenvalue weighted by molar-refractivity contribution is 5.97. The van der Waals surface area contributed by atoms with Crippen molar-refractivity contribution in [2.75, 3.05) is 6.54 Å². The third kappa shape index (κ3) is 2.60. The van der Waals surface area contributed by atoms with Gasteiger partial charge in [0.1, 0.15) is 11.7 Å². The molecule has 3 rings (SSSR count). The number of piperidine rings is 1. The largest absolute Gasteiger partial charge is 0.480 e. The summed E-state index contributed by atoms with van der Waals surface area (Å²) in [6.45, 7) is 0.400. The van der Waals surface area contributed by atoms with Crippen LogP contribution < -0.4 is 5.43 Å². The van der Waals surface area contributed by atoms with Crippen molar-refractivity contribution in [1.29, 1.82) is 0 Å². The fourth-order valence-electron chi connectivity index (χ4n) is 3.19. The fraction of sp³-hybridized carbons (Fsp3) is 0.353. The lowest BCUT2D eigenvalue weighted by Gasteiger charge is -2.33. The van der Waals surface area contributed by atoms with E-state index in [4.69, 9.17) is 0 Å². The summed E-state index contributed by atoms with van der Waals surface area (Å²) in [6.07, 6.45) is 2.01. The molecule has 1 N–H and O–H groups in total. The SMILES string of the molecule is Cn1c(C(=O)N2CCCC[C@@H]2C(=O)O)cc(=O)c2ccccc21. The molecule has 0 bridgehead atoms. The van der Waals surface area contributed by atoms with Gasteiger partial charge in [0.2, 0.25) is 0 Å². The molecular weight excluding hydrogens is 296 g/mol. The molecule has 0 spiro atoms. The number of rotatable bonds is 2. The monoisotopic (exact) mass is 314 g/mol. The van der Waals surface area contributed by atoms with Crippen molar-refractivity contribution >= 4 is 22.8 Å². The van der Waals surface area contributed by atoms with Gasteiger partial charge in [0.05, 0.1) is 5.52 Å². The summed E-state index contributed by atoms with van der Waals surface area (Å²) in [5.74, 6) is -1.40. The lowest BCUT2D eigenvalue weighted by atomic mass is 10.0. The summed E-state index contributed by atoms with van der Waals surface area (Å²) in [6, 6.07) is 7.55. The van der Waals surface area contributed by atoms with E-state index in [1.807, 2.05) is 0 Å². The number of carboxylic acids is 1. The molecule has 0 radical (unpaired) electrons. The van der Waals surface area contributed by atoms with E-state index in [-0.39, 0.29) is 11.1 Å². The smallest absolute Gasteiger partial charge is 0.326 e. The van der Waals surface area contributed by atoms with Gasteiger partial charge in [0.25, 0.3) is 5.91 Å². The van der Waals surface area contributed by atoms with E-state index in [2.05, 4.69) is 0 Å². The van der Waals surface area contributed by atoms with Crippen LogP contribution in [0.15, 0.2) is 35.1 Å². The Hall–Kier alpha value is -2.63. The first-order valence-corrected chi connectivity index (χ1v) is 7.63. The number of benzene rings is 1. The predicted molar refractivity (Wildman–Crippen MR) is 85.5 cm³/mol. The van der Waals surface area contributed by atoms with Crippen molar-refractivity contribution in [2.24, 2.45) is 7.05 Å². The van der Waals surface area contributed by atoms with Gasteiger partial charge >= 0.3 is 5.97 Å². The number of carbonyl (C=O) groups is 2. The Labute approximate surface area is 132 Å². The maximum Gasteiger partial charge on any atom is 0.326 e. The van der Waals surface area contributed by atoms with E-state index in [1.54, 1.807) is 35.9 Å². The van der Waals surface area contributed by atoms with Crippen molar-refractivity contribution in [3.05, 3.63) is 46.2 Å². The Kier molecular flexibility index (Phi) is 3.90. The van der Waals surface area contributed by atoms with Crippen LogP contribution in [0.3, 0.4) is 0 Å². The lowest BCUT2D eigenvalue weighted by molar-refractivity contribution is -0.143. The summed E-state index contributed by atoms with van der Waals surface area (Å²) >= 11 is 0. The minimum atomic E-state index is -0.996. The fourth-order valence-corrected chi connectivity index (χ4v) is 3.19. The first-order valence-electron chi connectivity index (χ1n) is 7.63. The number of nitrogens with zero attached hydrogens (tertiary/aromatic N) is 2. The van der Waals surface area contributed by atoms with E-state index < -0.39 is 17.9 Å². The number of fused-ring (bicyclic) bond motifs is 1. The average molecular weight is 314 g/mol. The Balaban J connectivity index is 2.09. The van der Waals surface area contributed by atoms with Crippen LogP contribution in [0.5, 0.6) is 0 Å². The molecular formula is C17H18N2O4. The third-order valence-electron chi connectivity index (χ3n) is 4.43. The normalized spacial score (nSPS) is 18.1. The molecule has 6 heteroatoms. The van der Waals surface area contributed by atoms with Crippen LogP contribution in [0.1, 0.15) is 29.8 Å². The van der Waals surface area contributed by atoms with Crippen LogP contribution >= 0.6 is 0 Å². The highest BCUT2D eigenvalue weighted by Crippen LogP contribution is 2.21. The molecule has 23 heavy (non-hydrogen) atoms. The molecule has 1 amide bonds. The molecule has 1 atom stereocenters. The minimum Gasteiger partial charge on any atom is -0.480 e. The highest BCUT2D eigenvalue weighted by atomic mass is 16.4. The molecule has 0 unspecified atom stereocenters. The Morgan fingerprint density at radius 3 is 2.70 bits per heavy atom. The number of aromatic nitrogens is 1. The number of para-hydroxylation sites is 1. The predicted octanol–water partition coefficient (Wildman–Crippen LogP) is 1.62. The Bertz CT molecular complexity index is 840. The number of likely N-dealkylation sites (tertiary alicyclic amines) is 1. The standard InChI is InChI=1S/C17H18N2O4/c1-18-12-7-3-2-6-11(12)15(20)10-14(18)16(21)19-9-5-4-8-13(19)17(22)23/h2-3,6-7,10,13H,4-5,8-9H2,1H3,(H,22,23)/t13-/m1/s1. The second-order valence-electron chi connectivity index (χ2n) is 5.82. The number of aliphatic carboxylic acids is 1. The molecule has 2 heterocycles. The maximum absolute atomic E-state index is 12.8. The zero-order valence-corrected chi connectivity index (χ0v) is 12.9. The quantitative estimate of drug-likeness (QED) is 0.913. The second-order valence-corrected chi connectivity index (χ2v) is 5.82. The summed E-state index contributed by atoms with van der Waals surface area (Å²) < 4.78 is 1.66. The first-order chi connectivity index (χ1) is 11.0. The van der Waals surface area contributed by atoms with Gasteiger partial charge in [-0.25, -0.2) is 4.79 Å². The van der Waals surface area contributed by atoms with E-state index in [1.165, 1.54) is 11.0 Å². The minimum absolute atomic E-state index is 0.224. The van der Waals surface area contributed by atoms with Crippen LogP contribution in [0, 0.1) is 0 Å². The molecule has 1 aliphatic rings. The Morgan fingerprint density at radius 1 is 1.22 bits per heavy atom. The van der Waals surface area contributed by atoms with Crippen LogP contribution in [0.2, 0.25) is 0 Å². The Morgan fingerprint density at radius 2 is 1.96 bits per heavy atom. The van der Waals surface area contributed by atoms with E-state index in [9.17, 15) is 19.5 Å². The molecule has 1 aromatic carbocycles. The second kappa shape index (κ2) is 5.87. The molecule has 1 fully saturated rings. The number of amides is 1. The van der Waals surface area contributed by atoms with Gasteiger partial charge in [0.15, 0.2) is 5.43 Å². The average Bonchev–Trinajstić information content (AvgIpc) is 2.57. The van der Waals surface area contributed by atoms with Crippen LogP contribution in [-0.2, 0) is 11.8 Å². The topological polar surface area (TPSA) is 79.6 Å².